The van der Waals surface area contributed by atoms with E-state index in [4.69, 9.17) is 15.2 Å². The number of aliphatic hydroxyl groups is 1. The number of ether oxygens (including phenoxy) is 2. The van der Waals surface area contributed by atoms with Crippen LogP contribution in [0.15, 0.2) is 23.2 Å². The molecule has 2 rings (SSSR count). The number of phenolic OH excluding ortho intramolecular Hbond substituents is 1. The van der Waals surface area contributed by atoms with Crippen LogP contribution in [0.25, 0.3) is 0 Å². The molecule has 0 heterocycles. The highest BCUT2D eigenvalue weighted by atomic mass is 16.5. The highest BCUT2D eigenvalue weighted by Crippen LogP contribution is 2.30. The number of nitrogens with two attached hydrogens (primary N) is 1. The number of nitrogens with one attached hydrogen (secondary N) is 1. The van der Waals surface area contributed by atoms with Crippen molar-refractivity contribution < 1.29 is 24.5 Å². The Labute approximate surface area is 191 Å². The van der Waals surface area contributed by atoms with E-state index >= 15 is 0 Å². The fraction of sp³-hybridized carbons (Fsp3) is 0.667. The van der Waals surface area contributed by atoms with Crippen LogP contribution in [0.3, 0.4) is 0 Å². The van der Waals surface area contributed by atoms with Gasteiger partial charge in [0.2, 0.25) is 0 Å². The maximum atomic E-state index is 11.6. The lowest BCUT2D eigenvalue weighted by Crippen LogP contribution is -2.45. The van der Waals surface area contributed by atoms with Crippen molar-refractivity contribution in [3.8, 4) is 11.5 Å². The van der Waals surface area contributed by atoms with Crippen molar-refractivity contribution in [2.75, 3.05) is 14.2 Å². The molecule has 0 saturated heterocycles. The summed E-state index contributed by atoms with van der Waals surface area (Å²) in [6.45, 7) is 1.39. The molecule has 4 atom stereocenters. The molecule has 0 radical (unpaired) electrons. The molecule has 1 saturated carbocycles. The number of aliphatic imine (C=N–C) groups is 1. The Bertz CT molecular complexity index is 755. The second kappa shape index (κ2) is 13.2. The zero-order valence-corrected chi connectivity index (χ0v) is 19.5. The standard InChI is InChI=1S/C24H39N3O5/c1-16(28)32-20(12-8-17-9-13-22(30)23(14-17)31-3)15-19(29)11-10-18-6-4-5-7-21(18)27-24(25)26-2/h9,13-14,18-21,29-30H,4-8,10-12,15H2,1-3H3,(H3,25,26,27)/t18-,19+,20-,21-/m1/s1. The Kier molecular flexibility index (Phi) is 10.6. The van der Waals surface area contributed by atoms with E-state index < -0.39 is 6.10 Å². The minimum absolute atomic E-state index is 0.0886. The molecule has 8 nitrogen and oxygen atoms in total. The molecule has 1 fully saturated rings. The van der Waals surface area contributed by atoms with Gasteiger partial charge in [-0.2, -0.15) is 0 Å². The Morgan fingerprint density at radius 3 is 2.75 bits per heavy atom. The quantitative estimate of drug-likeness (QED) is 0.232. The second-order valence-electron chi connectivity index (χ2n) is 8.65. The lowest BCUT2D eigenvalue weighted by molar-refractivity contribution is -0.148. The van der Waals surface area contributed by atoms with Crippen molar-refractivity contribution in [2.45, 2.75) is 83.0 Å². The maximum Gasteiger partial charge on any atom is 0.302 e. The number of hydrogen-bond acceptors (Lipinski definition) is 6. The third-order valence-corrected chi connectivity index (χ3v) is 6.22. The Hall–Kier alpha value is -2.48. The third kappa shape index (κ3) is 8.57. The molecule has 32 heavy (non-hydrogen) atoms. The van der Waals surface area contributed by atoms with Crippen molar-refractivity contribution >= 4 is 11.9 Å². The zero-order chi connectivity index (χ0) is 23.5. The van der Waals surface area contributed by atoms with Gasteiger partial charge < -0.3 is 30.7 Å². The van der Waals surface area contributed by atoms with E-state index in [1.807, 2.05) is 6.07 Å². The normalized spacial score (nSPS) is 20.9. The van der Waals surface area contributed by atoms with Gasteiger partial charge in [-0.05, 0) is 62.1 Å². The van der Waals surface area contributed by atoms with E-state index in [9.17, 15) is 15.0 Å². The predicted octanol–water partition coefficient (Wildman–Crippen LogP) is 2.89. The van der Waals surface area contributed by atoms with Crippen molar-refractivity contribution in [1.82, 2.24) is 5.32 Å². The average molecular weight is 450 g/mol. The maximum absolute atomic E-state index is 11.6. The fourth-order valence-corrected chi connectivity index (χ4v) is 4.49. The largest absolute Gasteiger partial charge is 0.504 e. The van der Waals surface area contributed by atoms with Crippen LogP contribution in [0.1, 0.15) is 63.9 Å². The SMILES string of the molecule is CN=C(N)N[C@@H]1CCCC[C@@H]1CC[C@H](O)C[C@@H](CCc1ccc(O)c(OC)c1)OC(C)=O. The summed E-state index contributed by atoms with van der Waals surface area (Å²) in [4.78, 5) is 15.6. The molecule has 0 unspecified atom stereocenters. The molecule has 8 heteroatoms. The number of hydrogen-bond donors (Lipinski definition) is 4. The lowest BCUT2D eigenvalue weighted by atomic mass is 9.81. The van der Waals surface area contributed by atoms with Crippen LogP contribution in [0.4, 0.5) is 0 Å². The van der Waals surface area contributed by atoms with Gasteiger partial charge in [-0.1, -0.05) is 18.9 Å². The topological polar surface area (TPSA) is 126 Å². The van der Waals surface area contributed by atoms with Crippen LogP contribution >= 0.6 is 0 Å². The van der Waals surface area contributed by atoms with Crippen LogP contribution in [0, 0.1) is 5.92 Å². The first-order valence-electron chi connectivity index (χ1n) is 11.5. The third-order valence-electron chi connectivity index (χ3n) is 6.22. The summed E-state index contributed by atoms with van der Waals surface area (Å²) >= 11 is 0. The summed E-state index contributed by atoms with van der Waals surface area (Å²) in [7, 11) is 3.18. The number of aromatic hydroxyl groups is 1. The van der Waals surface area contributed by atoms with Crippen LogP contribution in [-0.2, 0) is 16.0 Å². The van der Waals surface area contributed by atoms with E-state index in [1.165, 1.54) is 26.9 Å². The number of esters is 1. The van der Waals surface area contributed by atoms with Crippen LogP contribution in [-0.4, -0.2) is 54.5 Å². The van der Waals surface area contributed by atoms with Crippen molar-refractivity contribution in [1.29, 1.82) is 0 Å². The van der Waals surface area contributed by atoms with Crippen LogP contribution in [0.2, 0.25) is 0 Å². The number of benzene rings is 1. The van der Waals surface area contributed by atoms with Gasteiger partial charge >= 0.3 is 5.97 Å². The molecule has 0 aromatic heterocycles. The number of rotatable bonds is 11. The van der Waals surface area contributed by atoms with E-state index in [0.717, 1.165) is 24.8 Å². The number of phenols is 1. The Morgan fingerprint density at radius 1 is 1.31 bits per heavy atom. The molecule has 1 aliphatic rings. The number of methoxy groups -OCH3 is 1. The zero-order valence-electron chi connectivity index (χ0n) is 19.5. The second-order valence-corrected chi connectivity index (χ2v) is 8.65. The number of guanidine groups is 1. The van der Waals surface area contributed by atoms with Gasteiger partial charge in [0.05, 0.1) is 13.2 Å². The van der Waals surface area contributed by atoms with Crippen molar-refractivity contribution in [3.05, 3.63) is 23.8 Å². The molecule has 1 aliphatic carbocycles. The molecule has 180 valence electrons. The number of nitrogens with zero attached hydrogens (tertiary/aromatic N) is 1. The molecule has 0 spiro atoms. The first kappa shape index (κ1) is 25.8. The average Bonchev–Trinajstić information content (AvgIpc) is 2.77. The van der Waals surface area contributed by atoms with Gasteiger partial charge in [-0.25, -0.2) is 0 Å². The molecular weight excluding hydrogens is 410 g/mol. The van der Waals surface area contributed by atoms with E-state index in [-0.39, 0.29) is 23.9 Å². The molecule has 1 aromatic rings. The van der Waals surface area contributed by atoms with Gasteiger partial charge in [-0.15, -0.1) is 0 Å². The van der Waals surface area contributed by atoms with Crippen LogP contribution < -0.4 is 15.8 Å². The Balaban J connectivity index is 1.88. The molecule has 5 N–H and O–H groups in total. The molecule has 0 aliphatic heterocycles. The highest BCUT2D eigenvalue weighted by Gasteiger charge is 2.27. The summed E-state index contributed by atoms with van der Waals surface area (Å²) in [5.41, 5.74) is 6.83. The predicted molar refractivity (Wildman–Crippen MR) is 125 cm³/mol. The first-order chi connectivity index (χ1) is 15.3. The summed E-state index contributed by atoms with van der Waals surface area (Å²) in [5, 5.41) is 23.7. The number of carbonyl (C=O) groups is 1. The van der Waals surface area contributed by atoms with Gasteiger partial charge in [0.1, 0.15) is 6.10 Å². The summed E-state index contributed by atoms with van der Waals surface area (Å²) < 4.78 is 10.6. The number of aliphatic hydroxyl groups excluding tert-OH is 1. The molecular formula is C24H39N3O5. The smallest absolute Gasteiger partial charge is 0.302 e. The molecule has 1 aromatic carbocycles. The lowest BCUT2D eigenvalue weighted by Gasteiger charge is -2.33. The van der Waals surface area contributed by atoms with Crippen molar-refractivity contribution in [3.63, 3.8) is 0 Å². The van der Waals surface area contributed by atoms with Gasteiger partial charge in [0.15, 0.2) is 17.5 Å². The van der Waals surface area contributed by atoms with E-state index in [2.05, 4.69) is 10.3 Å². The minimum atomic E-state index is -0.548. The summed E-state index contributed by atoms with van der Waals surface area (Å²) in [5.74, 6) is 1.05. The van der Waals surface area contributed by atoms with Crippen molar-refractivity contribution in [2.24, 2.45) is 16.6 Å². The minimum Gasteiger partial charge on any atom is -0.504 e. The summed E-state index contributed by atoms with van der Waals surface area (Å²) in [6.07, 6.45) is 6.78. The monoisotopic (exact) mass is 449 g/mol. The van der Waals surface area contributed by atoms with Gasteiger partial charge in [0.25, 0.3) is 0 Å². The van der Waals surface area contributed by atoms with Gasteiger partial charge in [-0.3, -0.25) is 9.79 Å². The number of aryl methyl sites for hydroxylation is 1. The fourth-order valence-electron chi connectivity index (χ4n) is 4.49. The Morgan fingerprint density at radius 2 is 2.06 bits per heavy atom. The number of carbonyl (C=O) groups excluding carboxylic acids is 1. The highest BCUT2D eigenvalue weighted by molar-refractivity contribution is 5.78. The molecule has 0 bridgehead atoms. The molecule has 0 amide bonds. The van der Waals surface area contributed by atoms with E-state index in [1.54, 1.807) is 19.2 Å². The first-order valence-corrected chi connectivity index (χ1v) is 11.5. The van der Waals surface area contributed by atoms with Gasteiger partial charge in [0, 0.05) is 26.4 Å². The van der Waals surface area contributed by atoms with Crippen LogP contribution in [0.5, 0.6) is 11.5 Å². The van der Waals surface area contributed by atoms with E-state index in [0.29, 0.717) is 43.3 Å². The summed E-state index contributed by atoms with van der Waals surface area (Å²) in [6, 6.07) is 5.47.